The highest BCUT2D eigenvalue weighted by Gasteiger charge is 2.20. The summed E-state index contributed by atoms with van der Waals surface area (Å²) in [5.74, 6) is 0. The topological polar surface area (TPSA) is 18.5 Å². The van der Waals surface area contributed by atoms with Gasteiger partial charge in [0.25, 0.3) is 0 Å². The van der Waals surface area contributed by atoms with Gasteiger partial charge in [-0.3, -0.25) is 4.90 Å². The molecule has 3 heteroatoms. The lowest BCUT2D eigenvalue weighted by molar-refractivity contribution is 0.184. The van der Waals surface area contributed by atoms with E-state index >= 15 is 0 Å². The molecule has 1 rings (SSSR count). The molecule has 0 aliphatic carbocycles. The highest BCUT2D eigenvalue weighted by atomic mass is 15.2. The van der Waals surface area contributed by atoms with Crippen molar-refractivity contribution in [2.45, 2.75) is 32.7 Å². The summed E-state index contributed by atoms with van der Waals surface area (Å²) in [6.07, 6.45) is 2.59. The maximum absolute atomic E-state index is 3.42. The number of rotatable bonds is 5. The number of nitrogens with one attached hydrogen (secondary N) is 1. The highest BCUT2D eigenvalue weighted by molar-refractivity contribution is 4.78. The van der Waals surface area contributed by atoms with Gasteiger partial charge in [-0.15, -0.1) is 0 Å². The summed E-state index contributed by atoms with van der Waals surface area (Å²) >= 11 is 0. The van der Waals surface area contributed by atoms with Gasteiger partial charge in [0.05, 0.1) is 0 Å². The summed E-state index contributed by atoms with van der Waals surface area (Å²) < 4.78 is 0. The van der Waals surface area contributed by atoms with Gasteiger partial charge < -0.3 is 10.2 Å². The molecule has 0 radical (unpaired) electrons. The Morgan fingerprint density at radius 2 is 2.07 bits per heavy atom. The molecule has 0 aromatic carbocycles. The Hall–Kier alpha value is -0.120. The fourth-order valence-corrected chi connectivity index (χ4v) is 2.37. The van der Waals surface area contributed by atoms with Crippen molar-refractivity contribution in [2.24, 2.45) is 0 Å². The molecule has 1 fully saturated rings. The third kappa shape index (κ3) is 4.49. The van der Waals surface area contributed by atoms with E-state index in [1.54, 1.807) is 0 Å². The summed E-state index contributed by atoms with van der Waals surface area (Å²) in [6, 6.07) is 0.760. The smallest absolute Gasteiger partial charge is 0.0220 e. The molecule has 1 aliphatic heterocycles. The maximum atomic E-state index is 3.42. The van der Waals surface area contributed by atoms with Gasteiger partial charge in [-0.25, -0.2) is 0 Å². The van der Waals surface area contributed by atoms with E-state index in [-0.39, 0.29) is 0 Å². The van der Waals surface area contributed by atoms with Crippen LogP contribution in [-0.4, -0.2) is 62.2 Å². The SMILES string of the molecule is CCNCCN1CCCN(C)CC1CC. The molecule has 0 spiro atoms. The van der Waals surface area contributed by atoms with Crippen LogP contribution in [0.4, 0.5) is 0 Å². The molecule has 0 bridgehead atoms. The Morgan fingerprint density at radius 1 is 1.27 bits per heavy atom. The maximum Gasteiger partial charge on any atom is 0.0220 e. The second kappa shape index (κ2) is 7.20. The van der Waals surface area contributed by atoms with E-state index < -0.39 is 0 Å². The Kier molecular flexibility index (Phi) is 6.22. The second-order valence-electron chi connectivity index (χ2n) is 4.57. The Morgan fingerprint density at radius 3 is 2.73 bits per heavy atom. The van der Waals surface area contributed by atoms with Gasteiger partial charge in [0, 0.05) is 25.7 Å². The minimum absolute atomic E-state index is 0.760. The minimum atomic E-state index is 0.760. The number of hydrogen-bond acceptors (Lipinski definition) is 3. The summed E-state index contributed by atoms with van der Waals surface area (Å²) in [4.78, 5) is 5.13. The molecule has 0 saturated carbocycles. The van der Waals surface area contributed by atoms with Crippen molar-refractivity contribution >= 4 is 0 Å². The van der Waals surface area contributed by atoms with Crippen LogP contribution < -0.4 is 5.32 Å². The lowest BCUT2D eigenvalue weighted by Crippen LogP contribution is -2.42. The molecular weight excluding hydrogens is 186 g/mol. The molecular formula is C12H27N3. The van der Waals surface area contributed by atoms with Gasteiger partial charge in [-0.2, -0.15) is 0 Å². The molecule has 1 atom stereocenters. The summed E-state index contributed by atoms with van der Waals surface area (Å²) in [5.41, 5.74) is 0. The van der Waals surface area contributed by atoms with E-state index in [1.165, 1.54) is 39.0 Å². The number of likely N-dealkylation sites (N-methyl/N-ethyl adjacent to an activating group) is 2. The van der Waals surface area contributed by atoms with Gasteiger partial charge >= 0.3 is 0 Å². The quantitative estimate of drug-likeness (QED) is 0.688. The van der Waals surface area contributed by atoms with Crippen LogP contribution in [0.5, 0.6) is 0 Å². The molecule has 0 amide bonds. The average Bonchev–Trinajstić information content (AvgIpc) is 2.41. The summed E-state index contributed by atoms with van der Waals surface area (Å²) in [5, 5.41) is 3.42. The molecule has 1 heterocycles. The second-order valence-corrected chi connectivity index (χ2v) is 4.57. The van der Waals surface area contributed by atoms with Gasteiger partial charge in [-0.1, -0.05) is 13.8 Å². The fourth-order valence-electron chi connectivity index (χ4n) is 2.37. The minimum Gasteiger partial charge on any atom is -0.316 e. The molecule has 1 aliphatic rings. The van der Waals surface area contributed by atoms with Gasteiger partial charge in [0.15, 0.2) is 0 Å². The molecule has 0 aromatic rings. The van der Waals surface area contributed by atoms with E-state index in [0.29, 0.717) is 0 Å². The van der Waals surface area contributed by atoms with Gasteiger partial charge in [0.1, 0.15) is 0 Å². The third-order valence-corrected chi connectivity index (χ3v) is 3.32. The first-order valence-electron chi connectivity index (χ1n) is 6.41. The summed E-state index contributed by atoms with van der Waals surface area (Å²) in [7, 11) is 2.25. The Balaban J connectivity index is 2.37. The number of hydrogen-bond donors (Lipinski definition) is 1. The molecule has 1 saturated heterocycles. The van der Waals surface area contributed by atoms with Crippen LogP contribution in [-0.2, 0) is 0 Å². The lowest BCUT2D eigenvalue weighted by atomic mass is 10.2. The van der Waals surface area contributed by atoms with E-state index in [2.05, 4.69) is 36.0 Å². The summed E-state index contributed by atoms with van der Waals surface area (Å²) in [6.45, 7) is 11.7. The van der Waals surface area contributed by atoms with Crippen molar-refractivity contribution < 1.29 is 0 Å². The van der Waals surface area contributed by atoms with E-state index in [0.717, 1.165) is 19.1 Å². The van der Waals surface area contributed by atoms with E-state index in [9.17, 15) is 0 Å². The molecule has 1 N–H and O–H groups in total. The van der Waals surface area contributed by atoms with E-state index in [4.69, 9.17) is 0 Å². The van der Waals surface area contributed by atoms with Crippen molar-refractivity contribution in [1.29, 1.82) is 0 Å². The number of nitrogens with zero attached hydrogens (tertiary/aromatic N) is 2. The molecule has 90 valence electrons. The first-order valence-corrected chi connectivity index (χ1v) is 6.41. The van der Waals surface area contributed by atoms with Crippen LogP contribution in [0.3, 0.4) is 0 Å². The zero-order chi connectivity index (χ0) is 11.1. The van der Waals surface area contributed by atoms with Crippen LogP contribution in [0.2, 0.25) is 0 Å². The van der Waals surface area contributed by atoms with Gasteiger partial charge in [-0.05, 0) is 39.5 Å². The van der Waals surface area contributed by atoms with Crippen molar-refractivity contribution in [3.8, 4) is 0 Å². The van der Waals surface area contributed by atoms with Crippen LogP contribution in [0.15, 0.2) is 0 Å². The average molecular weight is 213 g/mol. The zero-order valence-corrected chi connectivity index (χ0v) is 10.6. The Labute approximate surface area is 94.8 Å². The van der Waals surface area contributed by atoms with Crippen molar-refractivity contribution in [2.75, 3.05) is 46.3 Å². The third-order valence-electron chi connectivity index (χ3n) is 3.32. The van der Waals surface area contributed by atoms with Crippen molar-refractivity contribution in [1.82, 2.24) is 15.1 Å². The van der Waals surface area contributed by atoms with Crippen molar-refractivity contribution in [3.63, 3.8) is 0 Å². The molecule has 15 heavy (non-hydrogen) atoms. The predicted octanol–water partition coefficient (Wildman–Crippen LogP) is 1.01. The normalized spacial score (nSPS) is 25.4. The monoisotopic (exact) mass is 213 g/mol. The first-order chi connectivity index (χ1) is 7.27. The standard InChI is InChI=1S/C12H27N3/c1-4-12-11-14(3)8-6-9-15(12)10-7-13-5-2/h12-13H,4-11H2,1-3H3. The van der Waals surface area contributed by atoms with Crippen molar-refractivity contribution in [3.05, 3.63) is 0 Å². The fraction of sp³-hybridized carbons (Fsp3) is 1.00. The highest BCUT2D eigenvalue weighted by Crippen LogP contribution is 2.10. The van der Waals surface area contributed by atoms with Crippen LogP contribution in [0.25, 0.3) is 0 Å². The first kappa shape index (κ1) is 12.9. The molecule has 3 nitrogen and oxygen atoms in total. The zero-order valence-electron chi connectivity index (χ0n) is 10.6. The predicted molar refractivity (Wildman–Crippen MR) is 66.3 cm³/mol. The van der Waals surface area contributed by atoms with E-state index in [1.807, 2.05) is 0 Å². The largest absolute Gasteiger partial charge is 0.316 e. The van der Waals surface area contributed by atoms with Crippen LogP contribution in [0, 0.1) is 0 Å². The van der Waals surface area contributed by atoms with Gasteiger partial charge in [0.2, 0.25) is 0 Å². The van der Waals surface area contributed by atoms with Crippen LogP contribution >= 0.6 is 0 Å². The Bertz CT molecular complexity index is 161. The lowest BCUT2D eigenvalue weighted by Gasteiger charge is -2.30. The molecule has 1 unspecified atom stereocenters. The molecule has 0 aromatic heterocycles. The van der Waals surface area contributed by atoms with Crippen LogP contribution in [0.1, 0.15) is 26.7 Å².